The maximum Gasteiger partial charge on any atom is 0.224 e. The molecule has 0 aliphatic heterocycles. The van der Waals surface area contributed by atoms with Crippen LogP contribution in [0.3, 0.4) is 0 Å². The van der Waals surface area contributed by atoms with Crippen LogP contribution in [0.15, 0.2) is 53.0 Å². The average molecular weight is 358 g/mol. The van der Waals surface area contributed by atoms with E-state index in [9.17, 15) is 4.79 Å². The Morgan fingerprint density at radius 2 is 1.95 bits per heavy atom. The van der Waals surface area contributed by atoms with Crippen LogP contribution in [-0.2, 0) is 4.79 Å². The Kier molecular flexibility index (Phi) is 4.34. The molecule has 1 N–H and O–H groups in total. The molecule has 1 aliphatic carbocycles. The first-order chi connectivity index (χ1) is 10.5. The molecule has 3 atom stereocenters. The lowest BCUT2D eigenvalue weighted by Crippen LogP contribution is -2.28. The smallest absolute Gasteiger partial charge is 0.224 e. The number of amides is 1. The van der Waals surface area contributed by atoms with Crippen molar-refractivity contribution >= 4 is 21.8 Å². The largest absolute Gasteiger partial charge is 0.349 e. The molecule has 0 aromatic heterocycles. The monoisotopic (exact) mass is 357 g/mol. The first-order valence-corrected chi connectivity index (χ1v) is 8.46. The summed E-state index contributed by atoms with van der Waals surface area (Å²) >= 11 is 3.49. The summed E-state index contributed by atoms with van der Waals surface area (Å²) in [5, 5.41) is 3.14. The third-order valence-corrected chi connectivity index (χ3v) is 4.83. The highest BCUT2D eigenvalue weighted by Gasteiger charge is 2.44. The zero-order valence-electron chi connectivity index (χ0n) is 12.8. The highest BCUT2D eigenvalue weighted by Crippen LogP contribution is 2.48. The first kappa shape index (κ1) is 15.3. The zero-order chi connectivity index (χ0) is 15.7. The van der Waals surface area contributed by atoms with Gasteiger partial charge in [-0.05, 0) is 49.4 Å². The van der Waals surface area contributed by atoms with Gasteiger partial charge in [0.2, 0.25) is 5.91 Å². The van der Waals surface area contributed by atoms with Crippen LogP contribution >= 0.6 is 15.9 Å². The Hall–Kier alpha value is -1.61. The van der Waals surface area contributed by atoms with E-state index in [0.717, 1.165) is 16.5 Å². The van der Waals surface area contributed by atoms with E-state index in [2.05, 4.69) is 64.6 Å². The molecule has 22 heavy (non-hydrogen) atoms. The maximum atomic E-state index is 12.4. The van der Waals surface area contributed by atoms with Gasteiger partial charge in [0.1, 0.15) is 0 Å². The van der Waals surface area contributed by atoms with E-state index >= 15 is 0 Å². The van der Waals surface area contributed by atoms with Crippen LogP contribution in [-0.4, -0.2) is 5.91 Å². The number of carbonyl (C=O) groups excluding carboxylic acids is 1. The van der Waals surface area contributed by atoms with Crippen LogP contribution in [0.5, 0.6) is 0 Å². The van der Waals surface area contributed by atoms with Gasteiger partial charge in [0.25, 0.3) is 0 Å². The molecule has 2 aromatic carbocycles. The van der Waals surface area contributed by atoms with Crippen LogP contribution < -0.4 is 5.32 Å². The molecule has 1 fully saturated rings. The molecule has 3 heteroatoms. The minimum absolute atomic E-state index is 0.0526. The summed E-state index contributed by atoms with van der Waals surface area (Å²) in [6.45, 7) is 4.11. The molecule has 0 saturated heterocycles. The first-order valence-electron chi connectivity index (χ1n) is 7.67. The van der Waals surface area contributed by atoms with Crippen LogP contribution in [0.4, 0.5) is 0 Å². The van der Waals surface area contributed by atoms with Gasteiger partial charge in [-0.25, -0.2) is 0 Å². The molecule has 0 spiro atoms. The third-order valence-electron chi connectivity index (χ3n) is 4.34. The lowest BCUT2D eigenvalue weighted by Gasteiger charge is -2.14. The van der Waals surface area contributed by atoms with Crippen LogP contribution in [0.1, 0.15) is 42.0 Å². The summed E-state index contributed by atoms with van der Waals surface area (Å²) < 4.78 is 1.07. The number of carbonyl (C=O) groups is 1. The number of rotatable bonds is 4. The number of halogens is 1. The van der Waals surface area contributed by atoms with E-state index < -0.39 is 0 Å². The highest BCUT2D eigenvalue weighted by molar-refractivity contribution is 9.10. The van der Waals surface area contributed by atoms with E-state index in [-0.39, 0.29) is 17.9 Å². The summed E-state index contributed by atoms with van der Waals surface area (Å²) in [6, 6.07) is 16.6. The van der Waals surface area contributed by atoms with E-state index in [1.807, 2.05) is 19.1 Å². The van der Waals surface area contributed by atoms with Crippen LogP contribution in [0.25, 0.3) is 0 Å². The summed E-state index contributed by atoms with van der Waals surface area (Å²) in [5.74, 6) is 0.642. The maximum absolute atomic E-state index is 12.4. The van der Waals surface area contributed by atoms with Crippen molar-refractivity contribution in [2.45, 2.75) is 32.2 Å². The Morgan fingerprint density at radius 3 is 2.64 bits per heavy atom. The van der Waals surface area contributed by atoms with E-state index in [1.54, 1.807) is 0 Å². The Morgan fingerprint density at radius 1 is 1.23 bits per heavy atom. The van der Waals surface area contributed by atoms with Crippen molar-refractivity contribution in [3.8, 4) is 0 Å². The van der Waals surface area contributed by atoms with E-state index in [4.69, 9.17) is 0 Å². The Labute approximate surface area is 140 Å². The quantitative estimate of drug-likeness (QED) is 0.841. The molecule has 1 aliphatic rings. The lowest BCUT2D eigenvalue weighted by molar-refractivity contribution is -0.123. The molecule has 0 bridgehead atoms. The second kappa shape index (κ2) is 6.25. The van der Waals surface area contributed by atoms with Crippen molar-refractivity contribution in [3.63, 3.8) is 0 Å². The molecule has 2 aromatic rings. The molecule has 0 heterocycles. The number of hydrogen-bond donors (Lipinski definition) is 1. The van der Waals surface area contributed by atoms with Crippen molar-refractivity contribution < 1.29 is 4.79 Å². The second-order valence-corrected chi connectivity index (χ2v) is 7.06. The molecular weight excluding hydrogens is 338 g/mol. The standard InChI is InChI=1S/C19H20BrNO/c1-12-6-8-14(9-7-12)13(2)21-19(22)18-11-17(18)15-4-3-5-16(20)10-15/h3-10,13,17-18H,11H2,1-2H3,(H,21,22). The molecule has 2 nitrogen and oxygen atoms in total. The molecule has 3 rings (SSSR count). The third kappa shape index (κ3) is 3.41. The van der Waals surface area contributed by atoms with Crippen molar-refractivity contribution in [2.75, 3.05) is 0 Å². The second-order valence-electron chi connectivity index (χ2n) is 6.14. The fourth-order valence-electron chi connectivity index (χ4n) is 2.85. The average Bonchev–Trinajstić information content (AvgIpc) is 3.28. The number of nitrogens with one attached hydrogen (secondary N) is 1. The van der Waals surface area contributed by atoms with Gasteiger partial charge in [-0.15, -0.1) is 0 Å². The molecule has 114 valence electrons. The molecular formula is C19H20BrNO. The minimum Gasteiger partial charge on any atom is -0.349 e. The summed E-state index contributed by atoms with van der Waals surface area (Å²) in [4.78, 5) is 12.4. The van der Waals surface area contributed by atoms with E-state index in [1.165, 1.54) is 11.1 Å². The summed E-state index contributed by atoms with van der Waals surface area (Å²) in [6.07, 6.45) is 0.947. The number of benzene rings is 2. The van der Waals surface area contributed by atoms with Crippen molar-refractivity contribution in [3.05, 3.63) is 69.7 Å². The normalized spacial score (nSPS) is 21.2. The Bertz CT molecular complexity index is 680. The molecule has 0 radical (unpaired) electrons. The van der Waals surface area contributed by atoms with E-state index in [0.29, 0.717) is 5.92 Å². The topological polar surface area (TPSA) is 29.1 Å². The van der Waals surface area contributed by atoms with Crippen LogP contribution in [0.2, 0.25) is 0 Å². The van der Waals surface area contributed by atoms with Gasteiger partial charge in [-0.3, -0.25) is 4.79 Å². The predicted molar refractivity (Wildman–Crippen MR) is 92.7 cm³/mol. The fraction of sp³-hybridized carbons (Fsp3) is 0.316. The minimum atomic E-state index is 0.0526. The van der Waals surface area contributed by atoms with Gasteiger partial charge in [-0.1, -0.05) is 57.9 Å². The van der Waals surface area contributed by atoms with Gasteiger partial charge in [0, 0.05) is 10.4 Å². The van der Waals surface area contributed by atoms with Crippen LogP contribution in [0, 0.1) is 12.8 Å². The van der Waals surface area contributed by atoms with Crippen molar-refractivity contribution in [1.29, 1.82) is 0 Å². The van der Waals surface area contributed by atoms with Crippen molar-refractivity contribution in [2.24, 2.45) is 5.92 Å². The summed E-state index contributed by atoms with van der Waals surface area (Å²) in [7, 11) is 0. The summed E-state index contributed by atoms with van der Waals surface area (Å²) in [5.41, 5.74) is 3.63. The fourth-order valence-corrected chi connectivity index (χ4v) is 3.27. The predicted octanol–water partition coefficient (Wildman–Crippen LogP) is 4.74. The molecule has 1 saturated carbocycles. The van der Waals surface area contributed by atoms with Gasteiger partial charge in [0.15, 0.2) is 0 Å². The van der Waals surface area contributed by atoms with Gasteiger partial charge >= 0.3 is 0 Å². The molecule has 1 amide bonds. The SMILES string of the molecule is Cc1ccc(C(C)NC(=O)C2CC2c2cccc(Br)c2)cc1. The number of hydrogen-bond acceptors (Lipinski definition) is 1. The lowest BCUT2D eigenvalue weighted by atomic mass is 10.1. The molecule has 3 unspecified atom stereocenters. The van der Waals surface area contributed by atoms with Gasteiger partial charge in [0.05, 0.1) is 6.04 Å². The zero-order valence-corrected chi connectivity index (χ0v) is 14.4. The number of aryl methyl sites for hydroxylation is 1. The van der Waals surface area contributed by atoms with Gasteiger partial charge < -0.3 is 5.32 Å². The Balaban J connectivity index is 1.60. The highest BCUT2D eigenvalue weighted by atomic mass is 79.9. The van der Waals surface area contributed by atoms with Gasteiger partial charge in [-0.2, -0.15) is 0 Å². The van der Waals surface area contributed by atoms with Crippen molar-refractivity contribution in [1.82, 2.24) is 5.32 Å².